The number of nitro benzene ring substituents is 1. The van der Waals surface area contributed by atoms with Gasteiger partial charge in [-0.15, -0.1) is 0 Å². The lowest BCUT2D eigenvalue weighted by Crippen LogP contribution is -3.08. The van der Waals surface area contributed by atoms with Crippen molar-refractivity contribution in [2.24, 2.45) is 0 Å². The first-order valence-electron chi connectivity index (χ1n) is 8.26. The number of likely N-dealkylation sites (N-methyl/N-ethyl adjacent to an activating group) is 1. The zero-order valence-electron chi connectivity index (χ0n) is 15.3. The minimum absolute atomic E-state index is 0.0453. The zero-order chi connectivity index (χ0) is 20.7. The third kappa shape index (κ3) is 5.88. The van der Waals surface area contributed by atoms with Gasteiger partial charge in [0, 0.05) is 11.6 Å². The van der Waals surface area contributed by atoms with E-state index in [9.17, 15) is 23.7 Å². The minimum atomic E-state index is -2.96. The van der Waals surface area contributed by atoms with Crippen LogP contribution in [0.15, 0.2) is 42.5 Å². The Morgan fingerprint density at radius 1 is 1.25 bits per heavy atom. The molecule has 0 aliphatic carbocycles. The number of carbonyl (C=O) groups excluding carboxylic acids is 1. The number of benzene rings is 2. The van der Waals surface area contributed by atoms with Gasteiger partial charge in [-0.05, 0) is 24.3 Å². The van der Waals surface area contributed by atoms with Crippen molar-refractivity contribution in [3.63, 3.8) is 0 Å². The van der Waals surface area contributed by atoms with Crippen LogP contribution in [0.3, 0.4) is 0 Å². The second-order valence-electron chi connectivity index (χ2n) is 6.00. The number of para-hydroxylation sites is 2. The van der Waals surface area contributed by atoms with E-state index in [4.69, 9.17) is 4.74 Å². The smallest absolute Gasteiger partial charge is 0.387 e. The van der Waals surface area contributed by atoms with E-state index in [0.29, 0.717) is 6.54 Å². The van der Waals surface area contributed by atoms with Gasteiger partial charge in [-0.3, -0.25) is 14.9 Å². The normalized spacial score (nSPS) is 11.8. The SMILES string of the molecule is COc1cc(C[NH+](C)CC(=O)Nc2ccccc2[N+](=O)[O-])ccc1OC(F)F. The second kappa shape index (κ2) is 9.60. The van der Waals surface area contributed by atoms with Crippen molar-refractivity contribution in [3.8, 4) is 11.5 Å². The first-order valence-corrected chi connectivity index (χ1v) is 8.26. The molecule has 0 fully saturated rings. The number of anilines is 1. The maximum absolute atomic E-state index is 12.4. The molecule has 2 aromatic carbocycles. The number of rotatable bonds is 9. The zero-order valence-corrected chi connectivity index (χ0v) is 15.3. The lowest BCUT2D eigenvalue weighted by molar-refractivity contribution is -0.885. The Labute approximate surface area is 159 Å². The topological polar surface area (TPSA) is 95.1 Å². The van der Waals surface area contributed by atoms with Gasteiger partial charge in [0.25, 0.3) is 11.6 Å². The van der Waals surface area contributed by atoms with Gasteiger partial charge in [0.15, 0.2) is 18.0 Å². The van der Waals surface area contributed by atoms with Gasteiger partial charge in [0.2, 0.25) is 0 Å². The molecule has 1 atom stereocenters. The van der Waals surface area contributed by atoms with Gasteiger partial charge in [0.05, 0.1) is 19.1 Å². The fourth-order valence-corrected chi connectivity index (χ4v) is 2.63. The molecular formula is C18H20F2N3O5+. The third-order valence-corrected chi connectivity index (χ3v) is 3.79. The van der Waals surface area contributed by atoms with Gasteiger partial charge < -0.3 is 19.7 Å². The molecule has 0 spiro atoms. The van der Waals surface area contributed by atoms with Crippen molar-refractivity contribution in [2.45, 2.75) is 13.2 Å². The van der Waals surface area contributed by atoms with E-state index in [1.807, 2.05) is 0 Å². The van der Waals surface area contributed by atoms with Crippen LogP contribution in [-0.2, 0) is 11.3 Å². The molecule has 28 heavy (non-hydrogen) atoms. The second-order valence-corrected chi connectivity index (χ2v) is 6.00. The molecule has 2 aromatic rings. The van der Waals surface area contributed by atoms with Crippen LogP contribution < -0.4 is 19.7 Å². The Bertz CT molecular complexity index is 848. The van der Waals surface area contributed by atoms with Crippen LogP contribution in [-0.4, -0.2) is 38.1 Å². The average molecular weight is 396 g/mol. The van der Waals surface area contributed by atoms with E-state index in [2.05, 4.69) is 10.1 Å². The molecule has 0 saturated heterocycles. The van der Waals surface area contributed by atoms with Crippen LogP contribution in [0, 0.1) is 10.1 Å². The molecule has 1 unspecified atom stereocenters. The monoisotopic (exact) mass is 396 g/mol. The summed E-state index contributed by atoms with van der Waals surface area (Å²) < 4.78 is 34.2. The highest BCUT2D eigenvalue weighted by atomic mass is 19.3. The van der Waals surface area contributed by atoms with Gasteiger partial charge in [-0.25, -0.2) is 0 Å². The van der Waals surface area contributed by atoms with Crippen molar-refractivity contribution < 1.29 is 32.9 Å². The summed E-state index contributed by atoms with van der Waals surface area (Å²) >= 11 is 0. The maximum atomic E-state index is 12.4. The minimum Gasteiger partial charge on any atom is -0.493 e. The van der Waals surface area contributed by atoms with Crippen LogP contribution in [0.2, 0.25) is 0 Å². The molecule has 0 aromatic heterocycles. The van der Waals surface area contributed by atoms with E-state index in [1.165, 1.54) is 31.4 Å². The average Bonchev–Trinajstić information content (AvgIpc) is 2.62. The maximum Gasteiger partial charge on any atom is 0.387 e. The number of nitrogens with one attached hydrogen (secondary N) is 2. The van der Waals surface area contributed by atoms with E-state index < -0.39 is 17.4 Å². The number of hydrogen-bond acceptors (Lipinski definition) is 5. The van der Waals surface area contributed by atoms with Gasteiger partial charge in [-0.1, -0.05) is 12.1 Å². The number of methoxy groups -OCH3 is 1. The summed E-state index contributed by atoms with van der Waals surface area (Å²) in [6, 6.07) is 10.4. The quantitative estimate of drug-likeness (QED) is 0.498. The molecule has 0 saturated carbocycles. The summed E-state index contributed by atoms with van der Waals surface area (Å²) in [6.45, 7) is -2.52. The number of nitrogens with zero attached hydrogens (tertiary/aromatic N) is 1. The highest BCUT2D eigenvalue weighted by molar-refractivity contribution is 5.93. The Kier molecular flexibility index (Phi) is 7.21. The standard InChI is InChI=1S/C18H19F2N3O5/c1-22(10-12-7-8-15(28-18(19)20)16(9-12)27-2)11-17(24)21-13-5-3-4-6-14(13)23(25)26/h3-9,18H,10-11H2,1-2H3,(H,21,24)/p+1. The molecule has 0 aliphatic heterocycles. The summed E-state index contributed by atoms with van der Waals surface area (Å²) in [5.74, 6) is -0.306. The van der Waals surface area contributed by atoms with Crippen molar-refractivity contribution in [1.82, 2.24) is 0 Å². The molecule has 1 amide bonds. The lowest BCUT2D eigenvalue weighted by Gasteiger charge is -2.16. The van der Waals surface area contributed by atoms with Crippen molar-refractivity contribution in [2.75, 3.05) is 26.0 Å². The molecule has 0 heterocycles. The van der Waals surface area contributed by atoms with Crippen molar-refractivity contribution in [3.05, 3.63) is 58.1 Å². The first kappa shape index (κ1) is 21.0. The molecule has 0 bridgehead atoms. The first-order chi connectivity index (χ1) is 13.3. The predicted molar refractivity (Wildman–Crippen MR) is 96.8 cm³/mol. The lowest BCUT2D eigenvalue weighted by atomic mass is 10.2. The Balaban J connectivity index is 1.99. The Hall–Kier alpha value is -3.27. The molecule has 2 N–H and O–H groups in total. The predicted octanol–water partition coefficient (Wildman–Crippen LogP) is 1.86. The van der Waals surface area contributed by atoms with Crippen LogP contribution in [0.25, 0.3) is 0 Å². The summed E-state index contributed by atoms with van der Waals surface area (Å²) in [7, 11) is 3.10. The van der Waals surface area contributed by atoms with E-state index >= 15 is 0 Å². The number of alkyl halides is 2. The van der Waals surface area contributed by atoms with Crippen LogP contribution >= 0.6 is 0 Å². The number of halogens is 2. The fourth-order valence-electron chi connectivity index (χ4n) is 2.63. The number of quaternary nitrogens is 1. The van der Waals surface area contributed by atoms with E-state index in [1.54, 1.807) is 25.2 Å². The van der Waals surface area contributed by atoms with Crippen molar-refractivity contribution in [1.29, 1.82) is 0 Å². The molecule has 10 heteroatoms. The van der Waals surface area contributed by atoms with Crippen molar-refractivity contribution >= 4 is 17.3 Å². The molecular weight excluding hydrogens is 376 g/mol. The Morgan fingerprint density at radius 2 is 1.96 bits per heavy atom. The van der Waals surface area contributed by atoms with Gasteiger partial charge in [0.1, 0.15) is 12.2 Å². The molecule has 0 aliphatic rings. The third-order valence-electron chi connectivity index (χ3n) is 3.79. The molecule has 8 nitrogen and oxygen atoms in total. The molecule has 0 radical (unpaired) electrons. The number of nitro groups is 1. The Morgan fingerprint density at radius 3 is 2.61 bits per heavy atom. The van der Waals surface area contributed by atoms with E-state index in [0.717, 1.165) is 10.5 Å². The number of ether oxygens (including phenoxy) is 2. The number of hydrogen-bond donors (Lipinski definition) is 2. The fraction of sp³-hybridized carbons (Fsp3) is 0.278. The summed E-state index contributed by atoms with van der Waals surface area (Å²) in [4.78, 5) is 23.4. The van der Waals surface area contributed by atoms with Crippen LogP contribution in [0.1, 0.15) is 5.56 Å². The van der Waals surface area contributed by atoms with E-state index in [-0.39, 0.29) is 29.4 Å². The van der Waals surface area contributed by atoms with Crippen LogP contribution in [0.4, 0.5) is 20.2 Å². The summed E-state index contributed by atoms with van der Waals surface area (Å²) in [5, 5.41) is 13.5. The number of carbonyl (C=O) groups is 1. The largest absolute Gasteiger partial charge is 0.493 e. The van der Waals surface area contributed by atoms with Gasteiger partial charge >= 0.3 is 6.61 Å². The number of amides is 1. The highest BCUT2D eigenvalue weighted by Gasteiger charge is 2.18. The van der Waals surface area contributed by atoms with Gasteiger partial charge in [-0.2, -0.15) is 8.78 Å². The molecule has 2 rings (SSSR count). The molecule has 150 valence electrons. The highest BCUT2D eigenvalue weighted by Crippen LogP contribution is 2.29. The summed E-state index contributed by atoms with van der Waals surface area (Å²) in [6.07, 6.45) is 0. The summed E-state index contributed by atoms with van der Waals surface area (Å²) in [5.41, 5.74) is 0.683. The van der Waals surface area contributed by atoms with Crippen LogP contribution in [0.5, 0.6) is 11.5 Å².